The molecule has 0 saturated carbocycles. The normalized spacial score (nSPS) is 21.3. The van der Waals surface area contributed by atoms with Crippen LogP contribution in [0.1, 0.15) is 32.1 Å². The fourth-order valence-corrected chi connectivity index (χ4v) is 3.13. The highest BCUT2D eigenvalue weighted by Gasteiger charge is 2.30. The second kappa shape index (κ2) is 6.78. The number of nitrogens with zero attached hydrogens (tertiary/aromatic N) is 2. The maximum absolute atomic E-state index is 12.4. The van der Waals surface area contributed by atoms with Crippen LogP contribution in [0.2, 0.25) is 0 Å². The molecule has 2 saturated heterocycles. The third-order valence-corrected chi connectivity index (χ3v) is 4.52. The van der Waals surface area contributed by atoms with Crippen molar-refractivity contribution in [1.82, 2.24) is 9.80 Å². The maximum Gasteiger partial charge on any atom is 0.319 e. The van der Waals surface area contributed by atoms with Crippen LogP contribution in [-0.4, -0.2) is 59.0 Å². The van der Waals surface area contributed by atoms with Crippen LogP contribution in [0.3, 0.4) is 0 Å². The highest BCUT2D eigenvalue weighted by molar-refractivity contribution is 5.78. The van der Waals surface area contributed by atoms with E-state index in [9.17, 15) is 14.4 Å². The third-order valence-electron chi connectivity index (χ3n) is 4.52. The fourth-order valence-electron chi connectivity index (χ4n) is 3.13. The van der Waals surface area contributed by atoms with Gasteiger partial charge in [-0.1, -0.05) is 0 Å². The van der Waals surface area contributed by atoms with Gasteiger partial charge in [0.1, 0.15) is 0 Å². The van der Waals surface area contributed by atoms with Gasteiger partial charge in [-0.2, -0.15) is 0 Å². The number of piperidine rings is 2. The number of hydrogen-bond donors (Lipinski definition) is 2. The van der Waals surface area contributed by atoms with Crippen LogP contribution in [0.15, 0.2) is 0 Å². The molecule has 0 unspecified atom stereocenters. The fraction of sp³-hybridized carbons (Fsp3) is 0.786. The molecule has 0 bridgehead atoms. The molecule has 2 rings (SSSR count). The number of primary amides is 1. The zero-order chi connectivity index (χ0) is 15.4. The molecule has 0 radical (unpaired) electrons. The van der Waals surface area contributed by atoms with Gasteiger partial charge in [0.25, 0.3) is 0 Å². The van der Waals surface area contributed by atoms with Gasteiger partial charge in [0, 0.05) is 38.5 Å². The summed E-state index contributed by atoms with van der Waals surface area (Å²) in [5.74, 6) is -0.993. The van der Waals surface area contributed by atoms with Crippen molar-refractivity contribution in [2.24, 2.45) is 17.6 Å². The van der Waals surface area contributed by atoms with E-state index in [1.54, 1.807) is 9.80 Å². The van der Waals surface area contributed by atoms with Crippen molar-refractivity contribution in [3.63, 3.8) is 0 Å². The van der Waals surface area contributed by atoms with Crippen LogP contribution in [-0.2, 0) is 9.59 Å². The number of carbonyl (C=O) groups excluding carboxylic acids is 2. The summed E-state index contributed by atoms with van der Waals surface area (Å²) in [5.41, 5.74) is 5.29. The van der Waals surface area contributed by atoms with E-state index < -0.39 is 5.97 Å². The molecule has 0 atom stereocenters. The van der Waals surface area contributed by atoms with Crippen LogP contribution in [0.25, 0.3) is 0 Å². The maximum atomic E-state index is 12.4. The monoisotopic (exact) mass is 297 g/mol. The van der Waals surface area contributed by atoms with Gasteiger partial charge in [0.2, 0.25) is 5.91 Å². The highest BCUT2D eigenvalue weighted by atomic mass is 16.4. The molecule has 118 valence electrons. The molecule has 7 nitrogen and oxygen atoms in total. The van der Waals surface area contributed by atoms with Gasteiger partial charge in [-0.25, -0.2) is 4.79 Å². The average Bonchev–Trinajstić information content (AvgIpc) is 2.47. The van der Waals surface area contributed by atoms with Crippen molar-refractivity contribution in [2.75, 3.05) is 26.2 Å². The van der Waals surface area contributed by atoms with Crippen molar-refractivity contribution >= 4 is 17.9 Å². The van der Waals surface area contributed by atoms with Gasteiger partial charge >= 0.3 is 12.0 Å². The molecule has 2 fully saturated rings. The molecule has 3 N–H and O–H groups in total. The summed E-state index contributed by atoms with van der Waals surface area (Å²) in [6.07, 6.45) is 2.95. The Morgan fingerprint density at radius 1 is 0.952 bits per heavy atom. The van der Waals surface area contributed by atoms with Crippen LogP contribution in [0.5, 0.6) is 0 Å². The second-order valence-electron chi connectivity index (χ2n) is 5.97. The number of urea groups is 1. The average molecular weight is 297 g/mol. The van der Waals surface area contributed by atoms with Crippen LogP contribution < -0.4 is 5.73 Å². The molecular formula is C14H23N3O4. The molecule has 0 aromatic carbocycles. The number of likely N-dealkylation sites (tertiary alicyclic amines) is 2. The molecule has 0 aliphatic carbocycles. The summed E-state index contributed by atoms with van der Waals surface area (Å²) in [7, 11) is 0. The number of aliphatic carboxylic acids is 1. The largest absolute Gasteiger partial charge is 0.481 e. The van der Waals surface area contributed by atoms with E-state index >= 15 is 0 Å². The smallest absolute Gasteiger partial charge is 0.319 e. The predicted octanol–water partition coefficient (Wildman–Crippen LogP) is 0.490. The summed E-state index contributed by atoms with van der Waals surface area (Å²) in [6.45, 7) is 2.38. The first-order chi connectivity index (χ1) is 9.97. The molecule has 3 amide bonds. The van der Waals surface area contributed by atoms with Gasteiger partial charge in [0.05, 0.1) is 0 Å². The lowest BCUT2D eigenvalue weighted by Crippen LogP contribution is -2.50. The van der Waals surface area contributed by atoms with Crippen LogP contribution in [0.4, 0.5) is 4.79 Å². The Kier molecular flexibility index (Phi) is 5.03. The van der Waals surface area contributed by atoms with Gasteiger partial charge in [-0.15, -0.1) is 0 Å². The van der Waals surface area contributed by atoms with E-state index in [1.165, 1.54) is 0 Å². The summed E-state index contributed by atoms with van der Waals surface area (Å²) in [4.78, 5) is 37.8. The van der Waals surface area contributed by atoms with E-state index in [4.69, 9.17) is 10.8 Å². The number of carboxylic acids is 1. The minimum Gasteiger partial charge on any atom is -0.481 e. The zero-order valence-electron chi connectivity index (χ0n) is 12.2. The Morgan fingerprint density at radius 3 is 1.86 bits per heavy atom. The summed E-state index contributed by atoms with van der Waals surface area (Å²) in [6, 6.07) is 0.00620. The van der Waals surface area contributed by atoms with Crippen molar-refractivity contribution < 1.29 is 19.5 Å². The Hall–Kier alpha value is -1.79. The Morgan fingerprint density at radius 2 is 1.43 bits per heavy atom. The molecular weight excluding hydrogens is 274 g/mol. The quantitative estimate of drug-likeness (QED) is 0.791. The number of hydrogen-bond acceptors (Lipinski definition) is 3. The first kappa shape index (κ1) is 15.6. The summed E-state index contributed by atoms with van der Waals surface area (Å²) < 4.78 is 0. The van der Waals surface area contributed by atoms with Gasteiger partial charge in [-0.3, -0.25) is 9.59 Å². The molecule has 2 aliphatic rings. The lowest BCUT2D eigenvalue weighted by atomic mass is 9.93. The Balaban J connectivity index is 1.77. The van der Waals surface area contributed by atoms with E-state index in [1.807, 2.05) is 0 Å². The number of amides is 3. The second-order valence-corrected chi connectivity index (χ2v) is 5.97. The lowest BCUT2D eigenvalue weighted by Gasteiger charge is -2.38. The molecule has 0 aromatic heterocycles. The van der Waals surface area contributed by atoms with Gasteiger partial charge in [-0.05, 0) is 31.6 Å². The van der Waals surface area contributed by atoms with Crippen molar-refractivity contribution in [2.45, 2.75) is 32.1 Å². The van der Waals surface area contributed by atoms with Gasteiger partial charge < -0.3 is 20.6 Å². The Bertz CT molecular complexity index is 410. The molecule has 2 heterocycles. The van der Waals surface area contributed by atoms with Crippen molar-refractivity contribution in [1.29, 1.82) is 0 Å². The van der Waals surface area contributed by atoms with Crippen molar-refractivity contribution in [3.8, 4) is 0 Å². The third kappa shape index (κ3) is 4.09. The predicted molar refractivity (Wildman–Crippen MR) is 75.4 cm³/mol. The first-order valence-corrected chi connectivity index (χ1v) is 7.52. The van der Waals surface area contributed by atoms with E-state index in [2.05, 4.69) is 0 Å². The minimum atomic E-state index is -0.770. The summed E-state index contributed by atoms with van der Waals surface area (Å²) in [5, 5.41) is 8.79. The topological polar surface area (TPSA) is 104 Å². The standard InChI is InChI=1S/C14H23N3O4/c15-13(20)11-3-7-17(8-4-11)14(21)16-5-1-10(2-6-16)9-12(18)19/h10-11H,1-9H2,(H2,15,20)(H,18,19). The van der Waals surface area contributed by atoms with Crippen LogP contribution >= 0.6 is 0 Å². The zero-order valence-corrected chi connectivity index (χ0v) is 12.2. The van der Waals surface area contributed by atoms with E-state index in [0.717, 1.165) is 12.8 Å². The van der Waals surface area contributed by atoms with Gasteiger partial charge in [0.15, 0.2) is 0 Å². The number of carboxylic acid groups (broad SMARTS) is 1. The molecule has 21 heavy (non-hydrogen) atoms. The minimum absolute atomic E-state index is 0.00620. The molecule has 0 spiro atoms. The van der Waals surface area contributed by atoms with E-state index in [0.29, 0.717) is 39.0 Å². The Labute approximate surface area is 124 Å². The summed E-state index contributed by atoms with van der Waals surface area (Å²) >= 11 is 0. The van der Waals surface area contributed by atoms with Crippen molar-refractivity contribution in [3.05, 3.63) is 0 Å². The lowest BCUT2D eigenvalue weighted by molar-refractivity contribution is -0.138. The van der Waals surface area contributed by atoms with E-state index in [-0.39, 0.29) is 30.2 Å². The molecule has 7 heteroatoms. The number of nitrogens with two attached hydrogens (primary N) is 1. The molecule has 0 aromatic rings. The highest BCUT2D eigenvalue weighted by Crippen LogP contribution is 2.23. The van der Waals surface area contributed by atoms with Crippen LogP contribution in [0, 0.1) is 11.8 Å². The number of rotatable bonds is 3. The first-order valence-electron chi connectivity index (χ1n) is 7.52. The SMILES string of the molecule is NC(=O)C1CCN(C(=O)N2CCC(CC(=O)O)CC2)CC1. The molecule has 2 aliphatic heterocycles. The number of carbonyl (C=O) groups is 3.